The van der Waals surface area contributed by atoms with Crippen LogP contribution in [0.2, 0.25) is 0 Å². The maximum atomic E-state index is 5.94. The van der Waals surface area contributed by atoms with E-state index in [0.29, 0.717) is 6.04 Å². The van der Waals surface area contributed by atoms with E-state index in [-0.39, 0.29) is 0 Å². The molecule has 0 fully saturated rings. The Kier molecular flexibility index (Phi) is 3.83. The molecule has 3 heteroatoms. The normalized spacial score (nSPS) is 12.3. The molecule has 0 aromatic heterocycles. The zero-order chi connectivity index (χ0) is 11.4. The summed E-state index contributed by atoms with van der Waals surface area (Å²) in [7, 11) is 3.72. The Hall–Kier alpha value is -1.38. The van der Waals surface area contributed by atoms with Crippen molar-refractivity contribution in [2.45, 2.75) is 26.3 Å². The van der Waals surface area contributed by atoms with Crippen molar-refractivity contribution in [3.05, 3.63) is 18.2 Å². The molecule has 1 atom stereocenters. The van der Waals surface area contributed by atoms with Crippen molar-refractivity contribution in [3.8, 4) is 5.75 Å². The lowest BCUT2D eigenvalue weighted by molar-refractivity contribution is 0.415. The topological polar surface area (TPSA) is 38.5 Å². The van der Waals surface area contributed by atoms with E-state index in [4.69, 9.17) is 10.5 Å². The number of nitrogens with two attached hydrogens (primary N) is 1. The highest BCUT2D eigenvalue weighted by molar-refractivity contribution is 5.69. The van der Waals surface area contributed by atoms with Crippen molar-refractivity contribution in [2.75, 3.05) is 24.8 Å². The predicted molar refractivity (Wildman–Crippen MR) is 65.6 cm³/mol. The summed E-state index contributed by atoms with van der Waals surface area (Å²) >= 11 is 0. The number of ether oxygens (including phenoxy) is 1. The van der Waals surface area contributed by atoms with Crippen LogP contribution in [0.3, 0.4) is 0 Å². The maximum absolute atomic E-state index is 5.94. The molecule has 0 saturated heterocycles. The van der Waals surface area contributed by atoms with Gasteiger partial charge in [-0.1, -0.05) is 6.92 Å². The predicted octanol–water partition coefficient (Wildman–Crippen LogP) is 2.51. The molecular formula is C12H20N2O. The van der Waals surface area contributed by atoms with Crippen LogP contribution in [0.1, 0.15) is 20.3 Å². The summed E-state index contributed by atoms with van der Waals surface area (Å²) in [6.45, 7) is 4.34. The summed E-state index contributed by atoms with van der Waals surface area (Å²) in [5.41, 5.74) is 7.76. The van der Waals surface area contributed by atoms with Crippen LogP contribution in [0.25, 0.3) is 0 Å². The molecule has 0 bridgehead atoms. The van der Waals surface area contributed by atoms with E-state index in [9.17, 15) is 0 Å². The molecule has 15 heavy (non-hydrogen) atoms. The van der Waals surface area contributed by atoms with Gasteiger partial charge in [0.1, 0.15) is 5.75 Å². The Morgan fingerprint density at radius 3 is 2.67 bits per heavy atom. The van der Waals surface area contributed by atoms with Crippen LogP contribution in [0.15, 0.2) is 18.2 Å². The zero-order valence-electron chi connectivity index (χ0n) is 9.95. The fourth-order valence-electron chi connectivity index (χ4n) is 1.47. The first-order valence-electron chi connectivity index (χ1n) is 5.26. The van der Waals surface area contributed by atoms with Gasteiger partial charge in [0.2, 0.25) is 0 Å². The molecule has 1 aromatic rings. The SMILES string of the molecule is CCC(C)N(C)c1cc(OC)ccc1N. The van der Waals surface area contributed by atoms with Gasteiger partial charge in [0, 0.05) is 19.2 Å². The minimum atomic E-state index is 0.472. The van der Waals surface area contributed by atoms with Gasteiger partial charge >= 0.3 is 0 Å². The number of nitrogen functional groups attached to an aromatic ring is 1. The molecule has 0 aliphatic rings. The van der Waals surface area contributed by atoms with Crippen molar-refractivity contribution < 1.29 is 4.74 Å². The van der Waals surface area contributed by atoms with Gasteiger partial charge in [-0.3, -0.25) is 0 Å². The second kappa shape index (κ2) is 4.91. The molecule has 0 aliphatic carbocycles. The monoisotopic (exact) mass is 208 g/mol. The summed E-state index contributed by atoms with van der Waals surface area (Å²) in [6, 6.07) is 6.21. The van der Waals surface area contributed by atoms with Crippen molar-refractivity contribution in [2.24, 2.45) is 0 Å². The average molecular weight is 208 g/mol. The van der Waals surface area contributed by atoms with E-state index in [1.54, 1.807) is 7.11 Å². The Morgan fingerprint density at radius 1 is 1.47 bits per heavy atom. The molecule has 1 aromatic carbocycles. The van der Waals surface area contributed by atoms with Crippen molar-refractivity contribution in [1.29, 1.82) is 0 Å². The molecule has 0 spiro atoms. The Morgan fingerprint density at radius 2 is 2.13 bits per heavy atom. The number of benzene rings is 1. The lowest BCUT2D eigenvalue weighted by Crippen LogP contribution is -2.28. The van der Waals surface area contributed by atoms with E-state index < -0.39 is 0 Å². The molecule has 0 radical (unpaired) electrons. The van der Waals surface area contributed by atoms with Gasteiger partial charge in [0.25, 0.3) is 0 Å². The van der Waals surface area contributed by atoms with Gasteiger partial charge in [-0.15, -0.1) is 0 Å². The minimum Gasteiger partial charge on any atom is -0.497 e. The highest BCUT2D eigenvalue weighted by Crippen LogP contribution is 2.28. The lowest BCUT2D eigenvalue weighted by Gasteiger charge is -2.27. The largest absolute Gasteiger partial charge is 0.497 e. The first-order valence-corrected chi connectivity index (χ1v) is 5.26. The van der Waals surface area contributed by atoms with E-state index >= 15 is 0 Å². The van der Waals surface area contributed by atoms with Crippen LogP contribution in [0, 0.1) is 0 Å². The zero-order valence-corrected chi connectivity index (χ0v) is 9.95. The number of methoxy groups -OCH3 is 1. The third kappa shape index (κ3) is 2.55. The average Bonchev–Trinajstić information content (AvgIpc) is 2.27. The molecule has 0 aliphatic heterocycles. The van der Waals surface area contributed by atoms with Crippen molar-refractivity contribution >= 4 is 11.4 Å². The van der Waals surface area contributed by atoms with Crippen LogP contribution in [0.5, 0.6) is 5.75 Å². The molecular weight excluding hydrogens is 188 g/mol. The molecule has 84 valence electrons. The molecule has 0 saturated carbocycles. The second-order valence-electron chi connectivity index (χ2n) is 3.79. The lowest BCUT2D eigenvalue weighted by atomic mass is 10.2. The summed E-state index contributed by atoms with van der Waals surface area (Å²) in [4.78, 5) is 2.18. The molecule has 0 amide bonds. The third-order valence-electron chi connectivity index (χ3n) is 2.87. The van der Waals surface area contributed by atoms with Crippen molar-refractivity contribution in [1.82, 2.24) is 0 Å². The summed E-state index contributed by atoms with van der Waals surface area (Å²) in [5.74, 6) is 0.842. The van der Waals surface area contributed by atoms with Crippen molar-refractivity contribution in [3.63, 3.8) is 0 Å². The standard InChI is InChI=1S/C12H20N2O/c1-5-9(2)14(3)12-8-10(15-4)6-7-11(12)13/h6-9H,5,13H2,1-4H3. The first kappa shape index (κ1) is 11.7. The third-order valence-corrected chi connectivity index (χ3v) is 2.87. The Balaban J connectivity index is 3.01. The van der Waals surface area contributed by atoms with Gasteiger partial charge in [-0.05, 0) is 25.5 Å². The fourth-order valence-corrected chi connectivity index (χ4v) is 1.47. The molecule has 1 unspecified atom stereocenters. The van der Waals surface area contributed by atoms with Gasteiger partial charge < -0.3 is 15.4 Å². The number of hydrogen-bond acceptors (Lipinski definition) is 3. The van der Waals surface area contributed by atoms with Crippen LogP contribution >= 0.6 is 0 Å². The van der Waals surface area contributed by atoms with Gasteiger partial charge in [0.15, 0.2) is 0 Å². The maximum Gasteiger partial charge on any atom is 0.121 e. The first-order chi connectivity index (χ1) is 7.10. The fraction of sp³-hybridized carbons (Fsp3) is 0.500. The summed E-state index contributed by atoms with van der Waals surface area (Å²) in [6.07, 6.45) is 1.09. The van der Waals surface area contributed by atoms with E-state index in [1.807, 2.05) is 18.2 Å². The van der Waals surface area contributed by atoms with Crippen LogP contribution in [0.4, 0.5) is 11.4 Å². The summed E-state index contributed by atoms with van der Waals surface area (Å²) < 4.78 is 5.19. The smallest absolute Gasteiger partial charge is 0.121 e. The minimum absolute atomic E-state index is 0.472. The summed E-state index contributed by atoms with van der Waals surface area (Å²) in [5, 5.41) is 0. The number of hydrogen-bond donors (Lipinski definition) is 1. The highest BCUT2D eigenvalue weighted by Gasteiger charge is 2.11. The molecule has 0 heterocycles. The quantitative estimate of drug-likeness (QED) is 0.773. The molecule has 2 N–H and O–H groups in total. The molecule has 3 nitrogen and oxygen atoms in total. The van der Waals surface area contributed by atoms with Gasteiger partial charge in [-0.2, -0.15) is 0 Å². The van der Waals surface area contributed by atoms with E-state index in [0.717, 1.165) is 23.5 Å². The van der Waals surface area contributed by atoms with Gasteiger partial charge in [-0.25, -0.2) is 0 Å². The van der Waals surface area contributed by atoms with E-state index in [2.05, 4.69) is 25.8 Å². The van der Waals surface area contributed by atoms with Crippen LogP contribution in [-0.4, -0.2) is 20.2 Å². The number of nitrogens with zero attached hydrogens (tertiary/aromatic N) is 1. The Labute approximate surface area is 91.8 Å². The molecule has 1 rings (SSSR count). The van der Waals surface area contributed by atoms with E-state index in [1.165, 1.54) is 0 Å². The Bertz CT molecular complexity index is 325. The number of anilines is 2. The highest BCUT2D eigenvalue weighted by atomic mass is 16.5. The van der Waals surface area contributed by atoms with Gasteiger partial charge in [0.05, 0.1) is 18.5 Å². The second-order valence-corrected chi connectivity index (χ2v) is 3.79. The van der Waals surface area contributed by atoms with Crippen LogP contribution < -0.4 is 15.4 Å². The number of rotatable bonds is 4. The van der Waals surface area contributed by atoms with Crippen LogP contribution in [-0.2, 0) is 0 Å².